The molecule has 1 amide bonds. The molecule has 1 N–H and O–H groups in total. The van der Waals surface area contributed by atoms with Gasteiger partial charge in [-0.3, -0.25) is 4.79 Å². The van der Waals surface area contributed by atoms with Crippen molar-refractivity contribution in [2.24, 2.45) is 0 Å². The van der Waals surface area contributed by atoms with Gasteiger partial charge < -0.3 is 10.1 Å². The molecule has 0 aromatic heterocycles. The molecule has 2 rings (SSSR count). The highest BCUT2D eigenvalue weighted by atomic mass is 16.5. The second kappa shape index (κ2) is 7.12. The number of hydrogen-bond acceptors (Lipinski definition) is 2. The van der Waals surface area contributed by atoms with Crippen LogP contribution in [0.2, 0.25) is 0 Å². The number of nitrogens with one attached hydrogen (secondary N) is 1. The molecule has 0 bridgehead atoms. The first kappa shape index (κ1) is 16.1. The van der Waals surface area contributed by atoms with Crippen LogP contribution >= 0.6 is 0 Å². The molecule has 1 unspecified atom stereocenters. The van der Waals surface area contributed by atoms with Gasteiger partial charge >= 0.3 is 0 Å². The van der Waals surface area contributed by atoms with Crippen LogP contribution in [0, 0.1) is 13.8 Å². The first-order valence-electron chi connectivity index (χ1n) is 7.63. The van der Waals surface area contributed by atoms with Gasteiger partial charge in [0, 0.05) is 5.69 Å². The maximum Gasteiger partial charge on any atom is 0.265 e. The minimum atomic E-state index is -0.549. The van der Waals surface area contributed by atoms with Crippen molar-refractivity contribution in [1.82, 2.24) is 0 Å². The van der Waals surface area contributed by atoms with Crippen molar-refractivity contribution < 1.29 is 9.53 Å². The molecule has 3 nitrogen and oxygen atoms in total. The highest BCUT2D eigenvalue weighted by molar-refractivity contribution is 5.94. The standard InChI is InChI=1S/C19H23NO2/c1-5-16-8-10-17(11-9-16)22-15(4)19(21)20-18-12-13(2)6-7-14(18)3/h6-12,15H,5H2,1-4H3,(H,20,21). The number of hydrogen-bond donors (Lipinski definition) is 1. The van der Waals surface area contributed by atoms with Crippen LogP contribution in [0.25, 0.3) is 0 Å². The van der Waals surface area contributed by atoms with E-state index < -0.39 is 6.10 Å². The molecular weight excluding hydrogens is 274 g/mol. The number of amides is 1. The summed E-state index contributed by atoms with van der Waals surface area (Å²) in [4.78, 5) is 12.3. The van der Waals surface area contributed by atoms with Gasteiger partial charge in [-0.15, -0.1) is 0 Å². The van der Waals surface area contributed by atoms with Gasteiger partial charge in [0.1, 0.15) is 5.75 Å². The van der Waals surface area contributed by atoms with Crippen LogP contribution in [0.15, 0.2) is 42.5 Å². The third kappa shape index (κ3) is 4.10. The van der Waals surface area contributed by atoms with Crippen molar-refractivity contribution in [2.45, 2.75) is 40.2 Å². The maximum atomic E-state index is 12.3. The molecule has 0 saturated heterocycles. The van der Waals surface area contributed by atoms with E-state index in [0.717, 1.165) is 23.2 Å². The molecule has 116 valence electrons. The van der Waals surface area contributed by atoms with Crippen molar-refractivity contribution in [1.29, 1.82) is 0 Å². The highest BCUT2D eigenvalue weighted by Crippen LogP contribution is 2.18. The molecule has 22 heavy (non-hydrogen) atoms. The van der Waals surface area contributed by atoms with Gasteiger partial charge in [-0.1, -0.05) is 31.2 Å². The van der Waals surface area contributed by atoms with Crippen LogP contribution in [-0.2, 0) is 11.2 Å². The van der Waals surface area contributed by atoms with Crippen LogP contribution in [0.5, 0.6) is 5.75 Å². The summed E-state index contributed by atoms with van der Waals surface area (Å²) in [6.45, 7) is 7.85. The van der Waals surface area contributed by atoms with Crippen molar-refractivity contribution in [3.63, 3.8) is 0 Å². The maximum absolute atomic E-state index is 12.3. The molecule has 0 saturated carbocycles. The third-order valence-electron chi connectivity index (χ3n) is 3.66. The van der Waals surface area contributed by atoms with E-state index in [1.54, 1.807) is 6.92 Å². The topological polar surface area (TPSA) is 38.3 Å². The number of anilines is 1. The summed E-state index contributed by atoms with van der Waals surface area (Å²) in [6, 6.07) is 13.8. The van der Waals surface area contributed by atoms with E-state index in [2.05, 4.69) is 12.2 Å². The summed E-state index contributed by atoms with van der Waals surface area (Å²) in [5.74, 6) is 0.564. The lowest BCUT2D eigenvalue weighted by molar-refractivity contribution is -0.122. The molecule has 2 aromatic rings. The number of rotatable bonds is 5. The van der Waals surface area contributed by atoms with Crippen LogP contribution in [0.3, 0.4) is 0 Å². The Labute approximate surface area is 132 Å². The lowest BCUT2D eigenvalue weighted by Gasteiger charge is -2.16. The summed E-state index contributed by atoms with van der Waals surface area (Å²) in [5.41, 5.74) is 4.24. The van der Waals surface area contributed by atoms with E-state index in [-0.39, 0.29) is 5.91 Å². The summed E-state index contributed by atoms with van der Waals surface area (Å²) in [7, 11) is 0. The second-order valence-corrected chi connectivity index (χ2v) is 5.57. The van der Waals surface area contributed by atoms with Gasteiger partial charge in [-0.2, -0.15) is 0 Å². The predicted octanol–water partition coefficient (Wildman–Crippen LogP) is 4.27. The third-order valence-corrected chi connectivity index (χ3v) is 3.66. The van der Waals surface area contributed by atoms with E-state index in [1.165, 1.54) is 5.56 Å². The van der Waals surface area contributed by atoms with Gasteiger partial charge in [0.15, 0.2) is 6.10 Å². The molecule has 2 aromatic carbocycles. The average molecular weight is 297 g/mol. The van der Waals surface area contributed by atoms with Gasteiger partial charge in [0.2, 0.25) is 0 Å². The van der Waals surface area contributed by atoms with Crippen LogP contribution in [0.1, 0.15) is 30.5 Å². The van der Waals surface area contributed by atoms with E-state index in [4.69, 9.17) is 4.74 Å². The van der Waals surface area contributed by atoms with Crippen molar-refractivity contribution >= 4 is 11.6 Å². The molecule has 0 spiro atoms. The number of carbonyl (C=O) groups is 1. The monoisotopic (exact) mass is 297 g/mol. The van der Waals surface area contributed by atoms with Crippen LogP contribution < -0.4 is 10.1 Å². The van der Waals surface area contributed by atoms with Gasteiger partial charge in [0.05, 0.1) is 0 Å². The number of aryl methyl sites for hydroxylation is 3. The largest absolute Gasteiger partial charge is 0.481 e. The van der Waals surface area contributed by atoms with E-state index >= 15 is 0 Å². The highest BCUT2D eigenvalue weighted by Gasteiger charge is 2.15. The first-order valence-corrected chi connectivity index (χ1v) is 7.63. The molecule has 0 fully saturated rings. The molecular formula is C19H23NO2. The number of benzene rings is 2. The smallest absolute Gasteiger partial charge is 0.265 e. The SMILES string of the molecule is CCc1ccc(OC(C)C(=O)Nc2cc(C)ccc2C)cc1. The minimum Gasteiger partial charge on any atom is -0.481 e. The van der Waals surface area contributed by atoms with E-state index in [0.29, 0.717) is 5.75 Å². The fraction of sp³-hybridized carbons (Fsp3) is 0.316. The normalized spacial score (nSPS) is 11.8. The van der Waals surface area contributed by atoms with Crippen molar-refractivity contribution in [2.75, 3.05) is 5.32 Å². The van der Waals surface area contributed by atoms with E-state index in [1.807, 2.05) is 56.3 Å². The van der Waals surface area contributed by atoms with Crippen LogP contribution in [-0.4, -0.2) is 12.0 Å². The Hall–Kier alpha value is -2.29. The van der Waals surface area contributed by atoms with Crippen molar-refractivity contribution in [3.8, 4) is 5.75 Å². The molecule has 0 aliphatic carbocycles. The van der Waals surface area contributed by atoms with Gasteiger partial charge in [0.25, 0.3) is 5.91 Å². The fourth-order valence-electron chi connectivity index (χ4n) is 2.17. The zero-order chi connectivity index (χ0) is 16.1. The van der Waals surface area contributed by atoms with E-state index in [9.17, 15) is 4.79 Å². The Morgan fingerprint density at radius 1 is 1.14 bits per heavy atom. The summed E-state index contributed by atoms with van der Waals surface area (Å²) < 4.78 is 5.71. The fourth-order valence-corrected chi connectivity index (χ4v) is 2.17. The quantitative estimate of drug-likeness (QED) is 0.895. The Bertz CT molecular complexity index is 647. The molecule has 3 heteroatoms. The zero-order valence-corrected chi connectivity index (χ0v) is 13.6. The molecule has 0 heterocycles. The number of ether oxygens (including phenoxy) is 1. The molecule has 0 aliphatic heterocycles. The minimum absolute atomic E-state index is 0.145. The average Bonchev–Trinajstić information content (AvgIpc) is 2.51. The van der Waals surface area contributed by atoms with Crippen molar-refractivity contribution in [3.05, 3.63) is 59.2 Å². The summed E-state index contributed by atoms with van der Waals surface area (Å²) in [6.07, 6.45) is 0.440. The van der Waals surface area contributed by atoms with Crippen LogP contribution in [0.4, 0.5) is 5.69 Å². The Balaban J connectivity index is 2.00. The summed E-state index contributed by atoms with van der Waals surface area (Å²) >= 11 is 0. The molecule has 0 radical (unpaired) electrons. The van der Waals surface area contributed by atoms with Gasteiger partial charge in [-0.05, 0) is 62.1 Å². The predicted molar refractivity (Wildman–Crippen MR) is 90.5 cm³/mol. The number of carbonyl (C=O) groups excluding carboxylic acids is 1. The Morgan fingerprint density at radius 2 is 1.82 bits per heavy atom. The first-order chi connectivity index (χ1) is 10.5. The Kier molecular flexibility index (Phi) is 5.21. The molecule has 0 aliphatic rings. The zero-order valence-electron chi connectivity index (χ0n) is 13.6. The lowest BCUT2D eigenvalue weighted by atomic mass is 10.1. The molecule has 1 atom stereocenters. The Morgan fingerprint density at radius 3 is 2.45 bits per heavy atom. The lowest BCUT2D eigenvalue weighted by Crippen LogP contribution is -2.30. The van der Waals surface area contributed by atoms with Gasteiger partial charge in [-0.25, -0.2) is 0 Å². The summed E-state index contributed by atoms with van der Waals surface area (Å²) in [5, 5.41) is 2.93. The second-order valence-electron chi connectivity index (χ2n) is 5.57.